The summed E-state index contributed by atoms with van der Waals surface area (Å²) in [7, 11) is 0. The monoisotopic (exact) mass is 456 g/mol. The molecule has 0 aliphatic carbocycles. The lowest BCUT2D eigenvalue weighted by atomic mass is 10.1. The van der Waals surface area contributed by atoms with Crippen LogP contribution >= 0.6 is 24.0 Å². The first-order valence-electron chi connectivity index (χ1n) is 8.43. The molecule has 1 rings (SSSR count). The third-order valence-corrected chi connectivity index (χ3v) is 3.29. The molecule has 0 fully saturated rings. The molecule has 1 amide bonds. The van der Waals surface area contributed by atoms with Crippen molar-refractivity contribution in [2.45, 2.75) is 33.6 Å². The van der Waals surface area contributed by atoms with Crippen molar-refractivity contribution in [3.63, 3.8) is 0 Å². The molecule has 138 valence electrons. The summed E-state index contributed by atoms with van der Waals surface area (Å²) >= 11 is 0. The second-order valence-electron chi connectivity index (χ2n) is 5.93. The van der Waals surface area contributed by atoms with Crippen LogP contribution in [0.1, 0.15) is 39.2 Å². The first-order valence-corrected chi connectivity index (χ1v) is 8.43. The molecule has 3 N–H and O–H groups in total. The number of nitrogens with zero attached hydrogens (tertiary/aromatic N) is 1. The number of nitrogens with one attached hydrogen (secondary N) is 3. The van der Waals surface area contributed by atoms with Gasteiger partial charge in [0.2, 0.25) is 5.91 Å². The SMILES string of the molecule is C#Cc1cccc(NC(=O)CN=C(NCC)NCCCC(C)C)c1.I. The number of benzene rings is 1. The van der Waals surface area contributed by atoms with Crippen LogP contribution in [0.4, 0.5) is 5.69 Å². The average molecular weight is 456 g/mol. The molecule has 6 heteroatoms. The Morgan fingerprint density at radius 3 is 2.72 bits per heavy atom. The fourth-order valence-electron chi connectivity index (χ4n) is 2.10. The number of aliphatic imine (C=N–C) groups is 1. The molecule has 0 aliphatic heterocycles. The maximum absolute atomic E-state index is 12.0. The molecule has 0 saturated carbocycles. The Kier molecular flexibility index (Phi) is 12.6. The summed E-state index contributed by atoms with van der Waals surface area (Å²) in [6.07, 6.45) is 7.60. The van der Waals surface area contributed by atoms with E-state index in [4.69, 9.17) is 6.42 Å². The Morgan fingerprint density at radius 2 is 2.08 bits per heavy atom. The molecule has 1 aromatic rings. The average Bonchev–Trinajstić information content (AvgIpc) is 2.56. The van der Waals surface area contributed by atoms with Crippen LogP contribution in [0, 0.1) is 18.3 Å². The minimum absolute atomic E-state index is 0. The van der Waals surface area contributed by atoms with Crippen molar-refractivity contribution < 1.29 is 4.79 Å². The number of hydrogen-bond donors (Lipinski definition) is 3. The van der Waals surface area contributed by atoms with Crippen LogP contribution in [0.25, 0.3) is 0 Å². The van der Waals surface area contributed by atoms with Gasteiger partial charge in [-0.25, -0.2) is 4.99 Å². The number of carbonyl (C=O) groups is 1. The summed E-state index contributed by atoms with van der Waals surface area (Å²) < 4.78 is 0. The second-order valence-corrected chi connectivity index (χ2v) is 5.93. The van der Waals surface area contributed by atoms with Gasteiger partial charge in [-0.05, 0) is 43.9 Å². The molecule has 0 aliphatic rings. The van der Waals surface area contributed by atoms with Crippen molar-refractivity contribution in [3.05, 3.63) is 29.8 Å². The van der Waals surface area contributed by atoms with E-state index in [2.05, 4.69) is 40.7 Å². The number of carbonyl (C=O) groups excluding carboxylic acids is 1. The molecule has 5 nitrogen and oxygen atoms in total. The van der Waals surface area contributed by atoms with Crippen LogP contribution in [-0.4, -0.2) is 31.5 Å². The summed E-state index contributed by atoms with van der Waals surface area (Å²) in [6, 6.07) is 7.20. The normalized spacial score (nSPS) is 10.6. The number of hydrogen-bond acceptors (Lipinski definition) is 2. The molecule has 0 radical (unpaired) electrons. The van der Waals surface area contributed by atoms with E-state index in [1.54, 1.807) is 12.1 Å². The van der Waals surface area contributed by atoms with Gasteiger partial charge < -0.3 is 16.0 Å². The lowest BCUT2D eigenvalue weighted by molar-refractivity contribution is -0.114. The van der Waals surface area contributed by atoms with Crippen LogP contribution < -0.4 is 16.0 Å². The first-order chi connectivity index (χ1) is 11.5. The molecular weight excluding hydrogens is 427 g/mol. The maximum atomic E-state index is 12.0. The van der Waals surface area contributed by atoms with Gasteiger partial charge in [0.25, 0.3) is 0 Å². The largest absolute Gasteiger partial charge is 0.357 e. The standard InChI is InChI=1S/C19H28N4O.HI/c1-5-16-10-7-11-17(13-16)23-18(24)14-22-19(20-6-2)21-12-8-9-15(3)4;/h1,7,10-11,13,15H,6,8-9,12,14H2,2-4H3,(H,23,24)(H2,20,21,22);1H. The zero-order valence-corrected chi connectivity index (χ0v) is 17.6. The fourth-order valence-corrected chi connectivity index (χ4v) is 2.10. The van der Waals surface area contributed by atoms with Crippen LogP contribution in [0.5, 0.6) is 0 Å². The van der Waals surface area contributed by atoms with Crippen LogP contribution in [0.15, 0.2) is 29.3 Å². The Bertz CT molecular complexity index is 593. The molecule has 0 unspecified atom stereocenters. The van der Waals surface area contributed by atoms with E-state index in [9.17, 15) is 4.79 Å². The zero-order chi connectivity index (χ0) is 17.8. The molecule has 0 spiro atoms. The van der Waals surface area contributed by atoms with Gasteiger partial charge in [0, 0.05) is 24.3 Å². The maximum Gasteiger partial charge on any atom is 0.246 e. The second kappa shape index (κ2) is 13.5. The minimum Gasteiger partial charge on any atom is -0.357 e. The lowest BCUT2D eigenvalue weighted by Gasteiger charge is -2.12. The Labute approximate surface area is 168 Å². The molecule has 0 aromatic heterocycles. The van der Waals surface area contributed by atoms with Crippen LogP contribution in [0.3, 0.4) is 0 Å². The summed E-state index contributed by atoms with van der Waals surface area (Å²) in [5.41, 5.74) is 1.41. The van der Waals surface area contributed by atoms with Gasteiger partial charge in [-0.2, -0.15) is 0 Å². The molecular formula is C19H29IN4O. The van der Waals surface area contributed by atoms with E-state index < -0.39 is 0 Å². The number of amides is 1. The smallest absolute Gasteiger partial charge is 0.246 e. The highest BCUT2D eigenvalue weighted by molar-refractivity contribution is 14.0. The van der Waals surface area contributed by atoms with Gasteiger partial charge in [-0.1, -0.05) is 25.8 Å². The van der Waals surface area contributed by atoms with Crippen molar-refractivity contribution in [2.75, 3.05) is 25.0 Å². The number of guanidine groups is 1. The number of halogens is 1. The van der Waals surface area contributed by atoms with E-state index >= 15 is 0 Å². The third-order valence-electron chi connectivity index (χ3n) is 3.29. The van der Waals surface area contributed by atoms with Gasteiger partial charge in [0.05, 0.1) is 0 Å². The van der Waals surface area contributed by atoms with Crippen LogP contribution in [0.2, 0.25) is 0 Å². The quantitative estimate of drug-likeness (QED) is 0.185. The highest BCUT2D eigenvalue weighted by Crippen LogP contribution is 2.09. The topological polar surface area (TPSA) is 65.5 Å². The molecule has 25 heavy (non-hydrogen) atoms. The number of terminal acetylenes is 1. The third kappa shape index (κ3) is 10.7. The van der Waals surface area contributed by atoms with E-state index in [0.717, 1.165) is 25.1 Å². The van der Waals surface area contributed by atoms with Gasteiger partial charge in [0.1, 0.15) is 6.54 Å². The zero-order valence-electron chi connectivity index (χ0n) is 15.3. The van der Waals surface area contributed by atoms with Gasteiger partial charge in [-0.15, -0.1) is 30.4 Å². The van der Waals surface area contributed by atoms with E-state index in [-0.39, 0.29) is 36.4 Å². The number of rotatable bonds is 8. The van der Waals surface area contributed by atoms with Crippen molar-refractivity contribution in [1.29, 1.82) is 0 Å². The van der Waals surface area contributed by atoms with Gasteiger partial charge in [0.15, 0.2) is 5.96 Å². The highest BCUT2D eigenvalue weighted by atomic mass is 127. The van der Waals surface area contributed by atoms with Gasteiger partial charge in [-0.3, -0.25) is 4.79 Å². The van der Waals surface area contributed by atoms with Crippen LogP contribution in [-0.2, 0) is 4.79 Å². The van der Waals surface area contributed by atoms with Gasteiger partial charge >= 0.3 is 0 Å². The van der Waals surface area contributed by atoms with Crippen molar-refractivity contribution >= 4 is 41.5 Å². The predicted molar refractivity (Wildman–Crippen MR) is 116 cm³/mol. The van der Waals surface area contributed by atoms with Crippen molar-refractivity contribution in [3.8, 4) is 12.3 Å². The van der Waals surface area contributed by atoms with Crippen molar-refractivity contribution in [2.24, 2.45) is 10.9 Å². The molecule has 1 aromatic carbocycles. The molecule has 0 saturated heterocycles. The fraction of sp³-hybridized carbons (Fsp3) is 0.474. The summed E-state index contributed by atoms with van der Waals surface area (Å²) in [4.78, 5) is 16.3. The molecule has 0 atom stereocenters. The summed E-state index contributed by atoms with van der Waals surface area (Å²) in [5.74, 6) is 3.72. The first kappa shape index (κ1) is 23.2. The highest BCUT2D eigenvalue weighted by Gasteiger charge is 2.04. The van der Waals surface area contributed by atoms with E-state index in [0.29, 0.717) is 17.6 Å². The summed E-state index contributed by atoms with van der Waals surface area (Å²) in [6.45, 7) is 8.06. The Balaban J connectivity index is 0.00000576. The molecule has 0 bridgehead atoms. The van der Waals surface area contributed by atoms with E-state index in [1.807, 2.05) is 19.1 Å². The van der Waals surface area contributed by atoms with E-state index in [1.165, 1.54) is 6.42 Å². The predicted octanol–water partition coefficient (Wildman–Crippen LogP) is 3.22. The number of anilines is 1. The van der Waals surface area contributed by atoms with Crippen molar-refractivity contribution in [1.82, 2.24) is 10.6 Å². The Hall–Kier alpha value is -1.75. The minimum atomic E-state index is -0.177. The lowest BCUT2D eigenvalue weighted by Crippen LogP contribution is -2.38. The molecule has 0 heterocycles. The Morgan fingerprint density at radius 1 is 1.32 bits per heavy atom. The summed E-state index contributed by atoms with van der Waals surface area (Å²) in [5, 5.41) is 9.19.